The van der Waals surface area contributed by atoms with Crippen molar-refractivity contribution in [3.8, 4) is 6.07 Å². The molecular weight excluding hydrogens is 176 g/mol. The SMILES string of the molecule is Cc1nc(C(F)F)cc(C#N)c1N. The van der Waals surface area contributed by atoms with Gasteiger partial charge in [0.25, 0.3) is 6.43 Å². The van der Waals surface area contributed by atoms with Crippen LogP contribution in [0.5, 0.6) is 0 Å². The molecule has 3 nitrogen and oxygen atoms in total. The summed E-state index contributed by atoms with van der Waals surface area (Å²) in [7, 11) is 0. The molecule has 0 bridgehead atoms. The minimum atomic E-state index is -2.67. The van der Waals surface area contributed by atoms with Gasteiger partial charge in [0.05, 0.1) is 16.9 Å². The third kappa shape index (κ3) is 1.72. The first-order chi connectivity index (χ1) is 6.06. The van der Waals surface area contributed by atoms with E-state index in [0.717, 1.165) is 6.07 Å². The van der Waals surface area contributed by atoms with E-state index in [-0.39, 0.29) is 16.9 Å². The number of alkyl halides is 2. The zero-order valence-corrected chi connectivity index (χ0v) is 6.88. The highest BCUT2D eigenvalue weighted by Crippen LogP contribution is 2.22. The minimum absolute atomic E-state index is 0.0443. The minimum Gasteiger partial charge on any atom is -0.396 e. The summed E-state index contributed by atoms with van der Waals surface area (Å²) in [5, 5.41) is 8.55. The van der Waals surface area contributed by atoms with Gasteiger partial charge in [0.15, 0.2) is 0 Å². The van der Waals surface area contributed by atoms with Crippen molar-refractivity contribution in [2.24, 2.45) is 0 Å². The molecule has 0 spiro atoms. The molecule has 0 aliphatic carbocycles. The van der Waals surface area contributed by atoms with Crippen molar-refractivity contribution in [2.45, 2.75) is 13.3 Å². The average Bonchev–Trinajstić information content (AvgIpc) is 2.09. The van der Waals surface area contributed by atoms with Crippen LogP contribution in [0.2, 0.25) is 0 Å². The molecule has 5 heteroatoms. The van der Waals surface area contributed by atoms with E-state index in [2.05, 4.69) is 4.98 Å². The van der Waals surface area contributed by atoms with Gasteiger partial charge in [0, 0.05) is 0 Å². The standard InChI is InChI=1S/C8H7F2N3/c1-4-7(12)5(3-11)2-6(13-4)8(9)10/h2,8H,12H2,1H3. The number of halogens is 2. The zero-order valence-electron chi connectivity index (χ0n) is 6.88. The Hall–Kier alpha value is -1.70. The summed E-state index contributed by atoms with van der Waals surface area (Å²) < 4.78 is 24.4. The van der Waals surface area contributed by atoms with E-state index in [1.165, 1.54) is 6.92 Å². The molecular formula is C8H7F2N3. The van der Waals surface area contributed by atoms with Crippen LogP contribution in [0, 0.1) is 18.3 Å². The Kier molecular flexibility index (Phi) is 2.42. The Morgan fingerprint density at radius 2 is 2.23 bits per heavy atom. The number of nitrogens with two attached hydrogens (primary N) is 1. The zero-order chi connectivity index (χ0) is 10.0. The molecule has 0 amide bonds. The summed E-state index contributed by atoms with van der Waals surface area (Å²) >= 11 is 0. The molecule has 1 heterocycles. The van der Waals surface area contributed by atoms with Crippen LogP contribution in [0.15, 0.2) is 6.07 Å². The van der Waals surface area contributed by atoms with Crippen LogP contribution in [-0.4, -0.2) is 4.98 Å². The van der Waals surface area contributed by atoms with E-state index in [4.69, 9.17) is 11.0 Å². The molecule has 1 aromatic heterocycles. The molecule has 0 aliphatic heterocycles. The van der Waals surface area contributed by atoms with Gasteiger partial charge in [0.1, 0.15) is 11.8 Å². The lowest BCUT2D eigenvalue weighted by molar-refractivity contribution is 0.146. The third-order valence-electron chi connectivity index (χ3n) is 1.61. The summed E-state index contributed by atoms with van der Waals surface area (Å²) in [5.74, 6) is 0. The Balaban J connectivity index is 3.32. The molecule has 0 saturated heterocycles. The first-order valence-electron chi connectivity index (χ1n) is 3.51. The van der Waals surface area contributed by atoms with Crippen molar-refractivity contribution < 1.29 is 8.78 Å². The number of pyridine rings is 1. The first kappa shape index (κ1) is 9.39. The van der Waals surface area contributed by atoms with Crippen LogP contribution >= 0.6 is 0 Å². The number of hydrogen-bond acceptors (Lipinski definition) is 3. The van der Waals surface area contributed by atoms with Gasteiger partial charge < -0.3 is 5.73 Å². The monoisotopic (exact) mass is 183 g/mol. The van der Waals surface area contributed by atoms with Gasteiger partial charge in [-0.15, -0.1) is 0 Å². The fourth-order valence-electron chi connectivity index (χ4n) is 0.911. The van der Waals surface area contributed by atoms with E-state index < -0.39 is 12.1 Å². The molecule has 13 heavy (non-hydrogen) atoms. The van der Waals surface area contributed by atoms with Gasteiger partial charge >= 0.3 is 0 Å². The second-order valence-electron chi connectivity index (χ2n) is 2.51. The molecule has 0 aromatic carbocycles. The van der Waals surface area contributed by atoms with Gasteiger partial charge in [-0.3, -0.25) is 0 Å². The van der Waals surface area contributed by atoms with Crippen LogP contribution in [0.3, 0.4) is 0 Å². The van der Waals surface area contributed by atoms with Gasteiger partial charge in [-0.25, -0.2) is 13.8 Å². The molecule has 2 N–H and O–H groups in total. The number of rotatable bonds is 1. The predicted octanol–water partition coefficient (Wildman–Crippen LogP) is 1.78. The van der Waals surface area contributed by atoms with Gasteiger partial charge in [-0.2, -0.15) is 5.26 Å². The Labute approximate surface area is 73.8 Å². The van der Waals surface area contributed by atoms with E-state index in [1.54, 1.807) is 6.07 Å². The van der Waals surface area contributed by atoms with Crippen LogP contribution in [0.4, 0.5) is 14.5 Å². The van der Waals surface area contributed by atoms with Crippen LogP contribution < -0.4 is 5.73 Å². The van der Waals surface area contributed by atoms with Crippen LogP contribution in [0.1, 0.15) is 23.4 Å². The largest absolute Gasteiger partial charge is 0.396 e. The molecule has 68 valence electrons. The lowest BCUT2D eigenvalue weighted by atomic mass is 10.1. The van der Waals surface area contributed by atoms with E-state index in [9.17, 15) is 8.78 Å². The van der Waals surface area contributed by atoms with Crippen molar-refractivity contribution >= 4 is 5.69 Å². The summed E-state index contributed by atoms with van der Waals surface area (Å²) in [6.45, 7) is 1.49. The number of aryl methyl sites for hydroxylation is 1. The molecule has 1 rings (SSSR count). The highest BCUT2D eigenvalue weighted by atomic mass is 19.3. The Morgan fingerprint density at radius 3 is 2.69 bits per heavy atom. The average molecular weight is 183 g/mol. The molecule has 0 atom stereocenters. The number of nitriles is 1. The van der Waals surface area contributed by atoms with Crippen molar-refractivity contribution in [2.75, 3.05) is 5.73 Å². The number of anilines is 1. The van der Waals surface area contributed by atoms with Gasteiger partial charge in [-0.1, -0.05) is 0 Å². The number of hydrogen-bond donors (Lipinski definition) is 1. The fourth-order valence-corrected chi connectivity index (χ4v) is 0.911. The van der Waals surface area contributed by atoms with Gasteiger partial charge in [0.2, 0.25) is 0 Å². The maximum Gasteiger partial charge on any atom is 0.280 e. The summed E-state index contributed by atoms with van der Waals surface area (Å²) in [6.07, 6.45) is -2.67. The molecule has 0 saturated carbocycles. The Morgan fingerprint density at radius 1 is 1.62 bits per heavy atom. The summed E-state index contributed by atoms with van der Waals surface area (Å²) in [6, 6.07) is 2.74. The van der Waals surface area contributed by atoms with Crippen molar-refractivity contribution in [3.63, 3.8) is 0 Å². The van der Waals surface area contributed by atoms with E-state index in [0.29, 0.717) is 0 Å². The topological polar surface area (TPSA) is 62.7 Å². The maximum atomic E-state index is 12.2. The van der Waals surface area contributed by atoms with Crippen molar-refractivity contribution in [3.05, 3.63) is 23.0 Å². The molecule has 0 radical (unpaired) electrons. The normalized spacial score (nSPS) is 10.1. The molecule has 0 unspecified atom stereocenters. The lowest BCUT2D eigenvalue weighted by Crippen LogP contribution is -2.01. The molecule has 0 fully saturated rings. The third-order valence-corrected chi connectivity index (χ3v) is 1.61. The maximum absolute atomic E-state index is 12.2. The number of nitrogen functional groups attached to an aromatic ring is 1. The van der Waals surface area contributed by atoms with Gasteiger partial charge in [-0.05, 0) is 13.0 Å². The summed E-state index contributed by atoms with van der Waals surface area (Å²) in [4.78, 5) is 3.55. The lowest BCUT2D eigenvalue weighted by Gasteiger charge is -2.04. The smallest absolute Gasteiger partial charge is 0.280 e. The number of aromatic nitrogens is 1. The Bertz CT molecular complexity index is 368. The van der Waals surface area contributed by atoms with Crippen molar-refractivity contribution in [1.82, 2.24) is 4.98 Å². The molecule has 0 aliphatic rings. The van der Waals surface area contributed by atoms with Crippen LogP contribution in [0.25, 0.3) is 0 Å². The highest BCUT2D eigenvalue weighted by Gasteiger charge is 2.13. The molecule has 1 aromatic rings. The quantitative estimate of drug-likeness (QED) is 0.721. The highest BCUT2D eigenvalue weighted by molar-refractivity contribution is 5.57. The van der Waals surface area contributed by atoms with Crippen LogP contribution in [-0.2, 0) is 0 Å². The second-order valence-corrected chi connectivity index (χ2v) is 2.51. The first-order valence-corrected chi connectivity index (χ1v) is 3.51. The fraction of sp³-hybridized carbons (Fsp3) is 0.250. The second kappa shape index (κ2) is 3.35. The summed E-state index contributed by atoms with van der Waals surface area (Å²) in [5.41, 5.74) is 5.48. The van der Waals surface area contributed by atoms with E-state index in [1.807, 2.05) is 0 Å². The van der Waals surface area contributed by atoms with Crippen molar-refractivity contribution in [1.29, 1.82) is 5.26 Å². The van der Waals surface area contributed by atoms with E-state index >= 15 is 0 Å². The predicted molar refractivity (Wildman–Crippen MR) is 43.1 cm³/mol. The number of nitrogens with zero attached hydrogens (tertiary/aromatic N) is 2.